The van der Waals surface area contributed by atoms with Gasteiger partial charge in [-0.25, -0.2) is 0 Å². The Labute approximate surface area is 155 Å². The van der Waals surface area contributed by atoms with E-state index in [-0.39, 0.29) is 11.9 Å². The van der Waals surface area contributed by atoms with Gasteiger partial charge in [0.05, 0.1) is 5.56 Å². The number of para-hydroxylation sites is 2. The molecular weight excluding hydrogens is 324 g/mol. The predicted molar refractivity (Wildman–Crippen MR) is 103 cm³/mol. The first kappa shape index (κ1) is 17.1. The Balaban J connectivity index is 1.63. The fourth-order valence-electron chi connectivity index (χ4n) is 4.18. The molecule has 1 saturated heterocycles. The van der Waals surface area contributed by atoms with Crippen molar-refractivity contribution in [1.29, 1.82) is 0 Å². The zero-order valence-corrected chi connectivity index (χ0v) is 15.1. The highest BCUT2D eigenvalue weighted by atomic mass is 16.5. The van der Waals surface area contributed by atoms with Crippen LogP contribution in [-0.4, -0.2) is 36.0 Å². The lowest BCUT2D eigenvalue weighted by molar-refractivity contribution is 0.0592. The molecule has 1 aliphatic carbocycles. The number of nitrogens with zero attached hydrogens (tertiary/aromatic N) is 1. The Bertz CT molecular complexity index is 719. The molecule has 1 amide bonds. The molecule has 0 aromatic heterocycles. The highest BCUT2D eigenvalue weighted by Gasteiger charge is 2.35. The van der Waals surface area contributed by atoms with Gasteiger partial charge >= 0.3 is 0 Å². The SMILES string of the molecule is O=C(c1ccccc1Oc1ccccc1)N(C1CCCC1)[C@H]1CCNC1. The van der Waals surface area contributed by atoms with Crippen molar-refractivity contribution in [2.45, 2.75) is 44.2 Å². The van der Waals surface area contributed by atoms with Gasteiger partial charge in [-0.1, -0.05) is 43.2 Å². The van der Waals surface area contributed by atoms with Gasteiger partial charge in [-0.3, -0.25) is 4.79 Å². The average Bonchev–Trinajstić information content (AvgIpc) is 3.38. The van der Waals surface area contributed by atoms with E-state index >= 15 is 0 Å². The standard InChI is InChI=1S/C22H26N2O2/c25-22(24(17-8-4-5-9-17)18-14-15-23-16-18)20-12-6-7-13-21(20)26-19-10-2-1-3-11-19/h1-3,6-7,10-13,17-18,23H,4-5,8-9,14-16H2/t18-/m0/s1. The molecule has 1 heterocycles. The molecule has 0 bridgehead atoms. The summed E-state index contributed by atoms with van der Waals surface area (Å²) in [5, 5.41) is 3.41. The van der Waals surface area contributed by atoms with Crippen molar-refractivity contribution in [2.75, 3.05) is 13.1 Å². The van der Waals surface area contributed by atoms with Crippen LogP contribution >= 0.6 is 0 Å². The second kappa shape index (κ2) is 7.92. The van der Waals surface area contributed by atoms with Crippen LogP contribution in [0.25, 0.3) is 0 Å². The summed E-state index contributed by atoms with van der Waals surface area (Å²) < 4.78 is 6.04. The first-order chi connectivity index (χ1) is 12.8. The van der Waals surface area contributed by atoms with Gasteiger partial charge in [0.25, 0.3) is 5.91 Å². The first-order valence-corrected chi connectivity index (χ1v) is 9.68. The summed E-state index contributed by atoms with van der Waals surface area (Å²) in [5.41, 5.74) is 0.662. The van der Waals surface area contributed by atoms with E-state index in [1.807, 2.05) is 54.6 Å². The Morgan fingerprint density at radius 3 is 2.38 bits per heavy atom. The third-order valence-electron chi connectivity index (χ3n) is 5.47. The minimum atomic E-state index is 0.108. The van der Waals surface area contributed by atoms with Gasteiger partial charge in [0.2, 0.25) is 0 Å². The van der Waals surface area contributed by atoms with Crippen LogP contribution in [0.4, 0.5) is 0 Å². The van der Waals surface area contributed by atoms with Crippen molar-refractivity contribution in [1.82, 2.24) is 10.2 Å². The van der Waals surface area contributed by atoms with E-state index < -0.39 is 0 Å². The van der Waals surface area contributed by atoms with Crippen LogP contribution in [0.15, 0.2) is 54.6 Å². The number of amides is 1. The number of nitrogens with one attached hydrogen (secondary N) is 1. The summed E-state index contributed by atoms with van der Waals surface area (Å²) in [6.07, 6.45) is 5.70. The smallest absolute Gasteiger partial charge is 0.258 e. The van der Waals surface area contributed by atoms with Gasteiger partial charge in [-0.15, -0.1) is 0 Å². The molecule has 2 fully saturated rings. The highest BCUT2D eigenvalue weighted by Crippen LogP contribution is 2.32. The maximum Gasteiger partial charge on any atom is 0.258 e. The monoisotopic (exact) mass is 350 g/mol. The van der Waals surface area contributed by atoms with Crippen LogP contribution in [0.1, 0.15) is 42.5 Å². The van der Waals surface area contributed by atoms with Crippen LogP contribution in [-0.2, 0) is 0 Å². The molecule has 1 aliphatic heterocycles. The minimum absolute atomic E-state index is 0.108. The van der Waals surface area contributed by atoms with Crippen molar-refractivity contribution in [3.8, 4) is 11.5 Å². The van der Waals surface area contributed by atoms with Gasteiger partial charge in [0, 0.05) is 18.6 Å². The molecule has 0 spiro atoms. The molecule has 26 heavy (non-hydrogen) atoms. The lowest BCUT2D eigenvalue weighted by Gasteiger charge is -2.34. The summed E-state index contributed by atoms with van der Waals surface area (Å²) in [5.74, 6) is 1.50. The number of rotatable bonds is 5. The van der Waals surface area contributed by atoms with E-state index in [1.54, 1.807) is 0 Å². The molecule has 2 aromatic rings. The zero-order valence-electron chi connectivity index (χ0n) is 15.1. The normalized spacial score (nSPS) is 20.2. The molecule has 1 atom stereocenters. The maximum atomic E-state index is 13.5. The molecule has 1 saturated carbocycles. The number of carbonyl (C=O) groups is 1. The molecule has 4 heteroatoms. The fourth-order valence-corrected chi connectivity index (χ4v) is 4.18. The molecule has 0 radical (unpaired) electrons. The zero-order chi connectivity index (χ0) is 17.8. The summed E-state index contributed by atoms with van der Waals surface area (Å²) in [4.78, 5) is 15.7. The third kappa shape index (κ3) is 3.61. The van der Waals surface area contributed by atoms with Crippen molar-refractivity contribution in [3.05, 3.63) is 60.2 Å². The largest absolute Gasteiger partial charge is 0.457 e. The van der Waals surface area contributed by atoms with Crippen LogP contribution in [0, 0.1) is 0 Å². The van der Waals surface area contributed by atoms with E-state index in [2.05, 4.69) is 10.2 Å². The first-order valence-electron chi connectivity index (χ1n) is 9.68. The Morgan fingerprint density at radius 1 is 0.923 bits per heavy atom. The van der Waals surface area contributed by atoms with Crippen molar-refractivity contribution < 1.29 is 9.53 Å². The molecule has 4 rings (SSSR count). The summed E-state index contributed by atoms with van der Waals surface area (Å²) >= 11 is 0. The Morgan fingerprint density at radius 2 is 1.65 bits per heavy atom. The van der Waals surface area contributed by atoms with E-state index in [4.69, 9.17) is 4.74 Å². The topological polar surface area (TPSA) is 41.6 Å². The van der Waals surface area contributed by atoms with Crippen molar-refractivity contribution >= 4 is 5.91 Å². The average molecular weight is 350 g/mol. The van der Waals surface area contributed by atoms with E-state index in [1.165, 1.54) is 12.8 Å². The predicted octanol–water partition coefficient (Wildman–Crippen LogP) is 4.23. The lowest BCUT2D eigenvalue weighted by atomic mass is 10.1. The van der Waals surface area contributed by atoms with E-state index in [0.717, 1.165) is 38.1 Å². The van der Waals surface area contributed by atoms with Crippen molar-refractivity contribution in [3.63, 3.8) is 0 Å². The molecule has 4 nitrogen and oxygen atoms in total. The molecule has 0 unspecified atom stereocenters. The van der Waals surface area contributed by atoms with Crippen LogP contribution < -0.4 is 10.1 Å². The van der Waals surface area contributed by atoms with Gasteiger partial charge in [-0.2, -0.15) is 0 Å². The third-order valence-corrected chi connectivity index (χ3v) is 5.47. The lowest BCUT2D eigenvalue weighted by Crippen LogP contribution is -2.47. The second-order valence-electron chi connectivity index (χ2n) is 7.21. The number of hydrogen-bond acceptors (Lipinski definition) is 3. The number of carbonyl (C=O) groups excluding carboxylic acids is 1. The van der Waals surface area contributed by atoms with E-state index in [9.17, 15) is 4.79 Å². The summed E-state index contributed by atoms with van der Waals surface area (Å²) in [7, 11) is 0. The van der Waals surface area contributed by atoms with Gasteiger partial charge in [-0.05, 0) is 50.1 Å². The summed E-state index contributed by atoms with van der Waals surface area (Å²) in [6, 6.07) is 17.9. The Hall–Kier alpha value is -2.33. The molecule has 2 aromatic carbocycles. The van der Waals surface area contributed by atoms with Gasteiger partial charge in [0.15, 0.2) is 0 Å². The van der Waals surface area contributed by atoms with Crippen LogP contribution in [0.2, 0.25) is 0 Å². The van der Waals surface area contributed by atoms with Crippen LogP contribution in [0.5, 0.6) is 11.5 Å². The van der Waals surface area contributed by atoms with Gasteiger partial charge in [0.1, 0.15) is 11.5 Å². The van der Waals surface area contributed by atoms with Gasteiger partial charge < -0.3 is 15.0 Å². The van der Waals surface area contributed by atoms with Crippen LogP contribution in [0.3, 0.4) is 0 Å². The summed E-state index contributed by atoms with van der Waals surface area (Å²) in [6.45, 7) is 1.88. The van der Waals surface area contributed by atoms with E-state index in [0.29, 0.717) is 17.4 Å². The fraction of sp³-hybridized carbons (Fsp3) is 0.409. The minimum Gasteiger partial charge on any atom is -0.457 e. The maximum absolute atomic E-state index is 13.5. The van der Waals surface area contributed by atoms with Crippen molar-refractivity contribution in [2.24, 2.45) is 0 Å². The molecule has 1 N–H and O–H groups in total. The second-order valence-corrected chi connectivity index (χ2v) is 7.21. The molecule has 2 aliphatic rings. The number of benzene rings is 2. The highest BCUT2D eigenvalue weighted by molar-refractivity contribution is 5.97. The quantitative estimate of drug-likeness (QED) is 0.877. The number of hydrogen-bond donors (Lipinski definition) is 1. The number of ether oxygens (including phenoxy) is 1. The Kier molecular flexibility index (Phi) is 5.21. The molecular formula is C22H26N2O2. The molecule has 136 valence electrons.